The maximum absolute atomic E-state index is 8.92. The molecule has 0 rings (SSSR count). The first-order valence-electron chi connectivity index (χ1n) is 7.68. The van der Waals surface area contributed by atoms with Crippen LogP contribution in [-0.2, 0) is 0 Å². The third-order valence-corrected chi connectivity index (χ3v) is 10.5. The summed E-state index contributed by atoms with van der Waals surface area (Å²) >= 11 is 18.4. The highest BCUT2D eigenvalue weighted by Gasteiger charge is 2.13. The molecule has 0 amide bonds. The van der Waals surface area contributed by atoms with Gasteiger partial charge in [-0.15, -0.1) is 0 Å². The predicted octanol–water partition coefficient (Wildman–Crippen LogP) is 3.23. The lowest BCUT2D eigenvalue weighted by atomic mass is 10.5. The van der Waals surface area contributed by atoms with E-state index >= 15 is 0 Å². The van der Waals surface area contributed by atoms with Gasteiger partial charge in [-0.2, -0.15) is 84.1 Å². The predicted molar refractivity (Wildman–Crippen MR) is 126 cm³/mol. The fraction of sp³-hybridized carbons (Fsp3) is 1.00. The van der Waals surface area contributed by atoms with Crippen molar-refractivity contribution in [3.63, 3.8) is 0 Å². The standard InChI is InChI=1S/C14H30O2S7/c15-1-5-19-9-13(22-7-3-17)11-21-12-14(23-8-4-18)10-20-6-2-16/h13-18H,1-12H2. The molecule has 2 atom stereocenters. The third-order valence-electron chi connectivity index (χ3n) is 2.58. The van der Waals surface area contributed by atoms with E-state index in [9.17, 15) is 0 Å². The van der Waals surface area contributed by atoms with Gasteiger partial charge in [-0.3, -0.25) is 0 Å². The summed E-state index contributed by atoms with van der Waals surface area (Å²) in [6.07, 6.45) is 0. The average Bonchev–Trinajstić information content (AvgIpc) is 2.56. The Morgan fingerprint density at radius 1 is 0.609 bits per heavy atom. The molecule has 0 aromatic carbocycles. The molecule has 2 nitrogen and oxygen atoms in total. The Morgan fingerprint density at radius 3 is 1.35 bits per heavy atom. The van der Waals surface area contributed by atoms with Gasteiger partial charge in [0.2, 0.25) is 0 Å². The maximum Gasteiger partial charge on any atom is 0.0521 e. The second-order valence-corrected chi connectivity index (χ2v) is 11.7. The lowest BCUT2D eigenvalue weighted by Crippen LogP contribution is -2.17. The van der Waals surface area contributed by atoms with Crippen molar-refractivity contribution < 1.29 is 10.2 Å². The molecule has 140 valence electrons. The van der Waals surface area contributed by atoms with Crippen molar-refractivity contribution >= 4 is 84.1 Å². The van der Waals surface area contributed by atoms with Gasteiger partial charge in [0.15, 0.2) is 0 Å². The van der Waals surface area contributed by atoms with Crippen molar-refractivity contribution in [3.8, 4) is 0 Å². The van der Waals surface area contributed by atoms with E-state index in [1.807, 2.05) is 58.8 Å². The fourth-order valence-electron chi connectivity index (χ4n) is 1.62. The van der Waals surface area contributed by atoms with E-state index in [0.717, 1.165) is 46.0 Å². The molecule has 0 aromatic rings. The van der Waals surface area contributed by atoms with Crippen molar-refractivity contribution in [2.45, 2.75) is 10.5 Å². The smallest absolute Gasteiger partial charge is 0.0521 e. The molecule has 0 aromatic heterocycles. The van der Waals surface area contributed by atoms with Gasteiger partial charge in [-0.1, -0.05) is 0 Å². The van der Waals surface area contributed by atoms with Crippen LogP contribution in [0.2, 0.25) is 0 Å². The zero-order valence-corrected chi connectivity index (χ0v) is 19.3. The van der Waals surface area contributed by atoms with Crippen LogP contribution >= 0.6 is 84.1 Å². The van der Waals surface area contributed by atoms with Crippen molar-refractivity contribution in [3.05, 3.63) is 0 Å². The largest absolute Gasteiger partial charge is 0.396 e. The number of thioether (sulfide) groups is 5. The maximum atomic E-state index is 8.92. The van der Waals surface area contributed by atoms with Crippen LogP contribution in [0.4, 0.5) is 0 Å². The zero-order valence-electron chi connectivity index (χ0n) is 13.5. The van der Waals surface area contributed by atoms with E-state index in [1.54, 1.807) is 0 Å². The second-order valence-electron chi connectivity index (χ2n) is 4.57. The highest BCUT2D eigenvalue weighted by Crippen LogP contribution is 2.25. The first-order chi connectivity index (χ1) is 11.3. The summed E-state index contributed by atoms with van der Waals surface area (Å²) in [6.45, 7) is 0.540. The molecule has 0 radical (unpaired) electrons. The highest BCUT2D eigenvalue weighted by atomic mass is 32.2. The number of rotatable bonds is 18. The van der Waals surface area contributed by atoms with Crippen LogP contribution in [-0.4, -0.2) is 91.5 Å². The number of hydrogen-bond donors (Lipinski definition) is 4. The van der Waals surface area contributed by atoms with E-state index in [4.69, 9.17) is 10.2 Å². The van der Waals surface area contributed by atoms with Crippen LogP contribution in [0.3, 0.4) is 0 Å². The van der Waals surface area contributed by atoms with E-state index in [-0.39, 0.29) is 13.2 Å². The van der Waals surface area contributed by atoms with Gasteiger partial charge in [-0.05, 0) is 11.5 Å². The Bertz CT molecular complexity index is 215. The summed E-state index contributed by atoms with van der Waals surface area (Å²) in [5.41, 5.74) is 0. The van der Waals surface area contributed by atoms with Gasteiger partial charge < -0.3 is 10.2 Å². The van der Waals surface area contributed by atoms with Crippen LogP contribution in [0.5, 0.6) is 0 Å². The second kappa shape index (κ2) is 20.7. The molecule has 0 aliphatic rings. The molecular weight excluding hydrogens is 425 g/mol. The molecule has 2 unspecified atom stereocenters. The molecule has 23 heavy (non-hydrogen) atoms. The Hall–Kier alpha value is 2.37. The molecule has 0 spiro atoms. The van der Waals surface area contributed by atoms with Gasteiger partial charge in [-0.25, -0.2) is 0 Å². The highest BCUT2D eigenvalue weighted by molar-refractivity contribution is 8.07. The zero-order chi connectivity index (χ0) is 17.2. The summed E-state index contributed by atoms with van der Waals surface area (Å²) in [5.74, 6) is 10.3. The van der Waals surface area contributed by atoms with E-state index in [1.165, 1.54) is 11.5 Å². The lowest BCUT2D eigenvalue weighted by molar-refractivity contribution is 0.322. The van der Waals surface area contributed by atoms with Crippen LogP contribution in [0.1, 0.15) is 0 Å². The summed E-state index contributed by atoms with van der Waals surface area (Å²) in [5, 5.41) is 19.1. The molecular formula is C14H30O2S7. The van der Waals surface area contributed by atoms with Gasteiger partial charge >= 0.3 is 0 Å². The summed E-state index contributed by atoms with van der Waals surface area (Å²) in [6, 6.07) is 0. The van der Waals surface area contributed by atoms with E-state index in [0.29, 0.717) is 10.5 Å². The van der Waals surface area contributed by atoms with E-state index < -0.39 is 0 Å². The average molecular weight is 455 g/mol. The topological polar surface area (TPSA) is 40.5 Å². The number of hydrogen-bond acceptors (Lipinski definition) is 9. The molecule has 0 heterocycles. The molecule has 0 fully saturated rings. The molecule has 0 aliphatic heterocycles. The molecule has 2 N–H and O–H groups in total. The van der Waals surface area contributed by atoms with Gasteiger partial charge in [0.05, 0.1) is 13.2 Å². The minimum Gasteiger partial charge on any atom is -0.396 e. The van der Waals surface area contributed by atoms with Crippen LogP contribution in [0, 0.1) is 0 Å². The van der Waals surface area contributed by atoms with Crippen LogP contribution in [0.15, 0.2) is 0 Å². The van der Waals surface area contributed by atoms with Gasteiger partial charge in [0.1, 0.15) is 0 Å². The first-order valence-corrected chi connectivity index (χ1v) is 14.5. The fourth-order valence-corrected chi connectivity index (χ4v) is 8.37. The molecule has 0 bridgehead atoms. The Kier molecular flexibility index (Phi) is 22.8. The first kappa shape index (κ1) is 25.4. The van der Waals surface area contributed by atoms with Crippen molar-refractivity contribution in [1.82, 2.24) is 0 Å². The quantitative estimate of drug-likeness (QED) is 0.187. The van der Waals surface area contributed by atoms with Gasteiger partial charge in [0, 0.05) is 56.5 Å². The summed E-state index contributed by atoms with van der Waals surface area (Å²) in [7, 11) is 0. The Morgan fingerprint density at radius 2 is 1.00 bits per heavy atom. The Balaban J connectivity index is 4.03. The van der Waals surface area contributed by atoms with Crippen LogP contribution in [0.25, 0.3) is 0 Å². The monoisotopic (exact) mass is 454 g/mol. The lowest BCUT2D eigenvalue weighted by Gasteiger charge is -2.19. The van der Waals surface area contributed by atoms with Crippen LogP contribution < -0.4 is 0 Å². The normalized spacial score (nSPS) is 14.1. The van der Waals surface area contributed by atoms with Crippen molar-refractivity contribution in [2.24, 2.45) is 0 Å². The minimum atomic E-state index is 0.270. The number of thiol groups is 2. The Labute approximate surface area is 174 Å². The van der Waals surface area contributed by atoms with E-state index in [2.05, 4.69) is 25.3 Å². The number of aliphatic hydroxyl groups is 2. The molecule has 0 saturated heterocycles. The van der Waals surface area contributed by atoms with Crippen molar-refractivity contribution in [1.29, 1.82) is 0 Å². The molecule has 9 heteroatoms. The molecule has 0 aliphatic carbocycles. The summed E-state index contributed by atoms with van der Waals surface area (Å²) < 4.78 is 0. The summed E-state index contributed by atoms with van der Waals surface area (Å²) in [4.78, 5) is 0. The van der Waals surface area contributed by atoms with Crippen molar-refractivity contribution in [2.75, 3.05) is 70.7 Å². The number of aliphatic hydroxyl groups excluding tert-OH is 2. The molecule has 0 saturated carbocycles. The van der Waals surface area contributed by atoms with Gasteiger partial charge in [0.25, 0.3) is 0 Å². The third kappa shape index (κ3) is 17.5. The minimum absolute atomic E-state index is 0.270. The SMILES string of the molecule is OCCSCC(CSCC(CSCCO)SCCS)SCCS.